The van der Waals surface area contributed by atoms with Gasteiger partial charge in [0.1, 0.15) is 5.75 Å². The zero-order valence-corrected chi connectivity index (χ0v) is 11.7. The minimum Gasteiger partial charge on any atom is -0.494 e. The third-order valence-corrected chi connectivity index (χ3v) is 3.11. The average molecular weight is 279 g/mol. The van der Waals surface area contributed by atoms with Crippen LogP contribution in [0.2, 0.25) is 0 Å². The minimum atomic E-state index is -0.400. The lowest BCUT2D eigenvalue weighted by atomic mass is 10.2. The van der Waals surface area contributed by atoms with E-state index in [0.29, 0.717) is 12.4 Å². The second-order valence-electron chi connectivity index (χ2n) is 4.91. The van der Waals surface area contributed by atoms with Gasteiger partial charge < -0.3 is 15.4 Å². The molecule has 6 heteroatoms. The molecule has 0 aromatic heterocycles. The van der Waals surface area contributed by atoms with Crippen LogP contribution < -0.4 is 15.4 Å². The molecule has 1 aromatic rings. The van der Waals surface area contributed by atoms with Crippen molar-refractivity contribution in [2.24, 2.45) is 0 Å². The van der Waals surface area contributed by atoms with E-state index in [4.69, 9.17) is 4.74 Å². The maximum atomic E-state index is 10.9. The molecular weight excluding hydrogens is 258 g/mol. The van der Waals surface area contributed by atoms with E-state index in [0.717, 1.165) is 31.2 Å². The molecular formula is C14H21N3O3. The van der Waals surface area contributed by atoms with Crippen molar-refractivity contribution in [2.45, 2.75) is 32.2 Å². The van der Waals surface area contributed by atoms with E-state index in [1.165, 1.54) is 25.0 Å². The fourth-order valence-electron chi connectivity index (χ4n) is 1.96. The number of hydrogen-bond donors (Lipinski definition) is 2. The van der Waals surface area contributed by atoms with Gasteiger partial charge in [0.05, 0.1) is 17.6 Å². The monoisotopic (exact) mass is 279 g/mol. The molecule has 1 aromatic carbocycles. The van der Waals surface area contributed by atoms with E-state index < -0.39 is 4.92 Å². The third kappa shape index (κ3) is 4.70. The number of rotatable bonds is 9. The highest BCUT2D eigenvalue weighted by Crippen LogP contribution is 2.26. The summed E-state index contributed by atoms with van der Waals surface area (Å²) in [5.74, 6) is 0.528. The molecule has 0 atom stereocenters. The Balaban J connectivity index is 1.85. The van der Waals surface area contributed by atoms with Crippen molar-refractivity contribution in [3.63, 3.8) is 0 Å². The first-order valence-electron chi connectivity index (χ1n) is 7.08. The molecule has 1 aliphatic rings. The standard InChI is InChI=1S/C14H21N3O3/c1-2-20-14-9-12(8-13(10-14)17(18)19)16-7-3-6-15-11-4-5-11/h8-11,15-16H,2-7H2,1H3. The van der Waals surface area contributed by atoms with E-state index in [1.54, 1.807) is 6.07 Å². The van der Waals surface area contributed by atoms with Crippen LogP contribution in [0.4, 0.5) is 11.4 Å². The van der Waals surface area contributed by atoms with Gasteiger partial charge in [-0.1, -0.05) is 0 Å². The smallest absolute Gasteiger partial charge is 0.275 e. The lowest BCUT2D eigenvalue weighted by molar-refractivity contribution is -0.384. The first kappa shape index (κ1) is 14.6. The minimum absolute atomic E-state index is 0.0505. The molecule has 0 aliphatic heterocycles. The predicted octanol–water partition coefficient (Wildman–Crippen LogP) is 2.55. The number of hydrogen-bond acceptors (Lipinski definition) is 5. The molecule has 2 rings (SSSR count). The summed E-state index contributed by atoms with van der Waals surface area (Å²) in [6.07, 6.45) is 3.56. The number of nitro benzene ring substituents is 1. The summed E-state index contributed by atoms with van der Waals surface area (Å²) in [7, 11) is 0. The molecule has 1 saturated carbocycles. The summed E-state index contributed by atoms with van der Waals surface area (Å²) in [6.45, 7) is 4.11. The zero-order chi connectivity index (χ0) is 14.4. The summed E-state index contributed by atoms with van der Waals surface area (Å²) < 4.78 is 5.35. The van der Waals surface area contributed by atoms with Gasteiger partial charge >= 0.3 is 0 Å². The summed E-state index contributed by atoms with van der Waals surface area (Å²) in [4.78, 5) is 10.5. The number of benzene rings is 1. The molecule has 0 spiro atoms. The normalized spacial score (nSPS) is 14.1. The van der Waals surface area contributed by atoms with Crippen LogP contribution in [0, 0.1) is 10.1 Å². The van der Waals surface area contributed by atoms with Crippen molar-refractivity contribution in [3.05, 3.63) is 28.3 Å². The Labute approximate surface area is 118 Å². The van der Waals surface area contributed by atoms with Crippen LogP contribution >= 0.6 is 0 Å². The highest BCUT2D eigenvalue weighted by atomic mass is 16.6. The summed E-state index contributed by atoms with van der Waals surface area (Å²) in [6, 6.07) is 5.50. The van der Waals surface area contributed by atoms with Crippen LogP contribution in [-0.2, 0) is 0 Å². The first-order chi connectivity index (χ1) is 9.69. The summed E-state index contributed by atoms with van der Waals surface area (Å²) in [5.41, 5.74) is 0.781. The van der Waals surface area contributed by atoms with Crippen LogP contribution in [0.1, 0.15) is 26.2 Å². The van der Waals surface area contributed by atoms with Crippen molar-refractivity contribution >= 4 is 11.4 Å². The Hall–Kier alpha value is -1.82. The lowest BCUT2D eigenvalue weighted by Crippen LogP contribution is -2.19. The Morgan fingerprint density at radius 2 is 2.15 bits per heavy atom. The average Bonchev–Trinajstić information content (AvgIpc) is 3.22. The molecule has 0 radical (unpaired) electrons. The molecule has 1 aliphatic carbocycles. The number of nitrogens with zero attached hydrogens (tertiary/aromatic N) is 1. The number of nitrogens with one attached hydrogen (secondary N) is 2. The number of non-ortho nitro benzene ring substituents is 1. The summed E-state index contributed by atoms with van der Waals surface area (Å²) >= 11 is 0. The molecule has 0 amide bonds. The Bertz CT molecular complexity index is 461. The predicted molar refractivity (Wildman–Crippen MR) is 78.4 cm³/mol. The topological polar surface area (TPSA) is 76.4 Å². The summed E-state index contributed by atoms with van der Waals surface area (Å²) in [5, 5.41) is 17.5. The first-order valence-corrected chi connectivity index (χ1v) is 7.08. The Morgan fingerprint density at radius 1 is 1.35 bits per heavy atom. The van der Waals surface area contributed by atoms with Crippen molar-refractivity contribution in [2.75, 3.05) is 25.0 Å². The quantitative estimate of drug-likeness (QED) is 0.413. The Morgan fingerprint density at radius 3 is 2.80 bits per heavy atom. The third-order valence-electron chi connectivity index (χ3n) is 3.11. The number of anilines is 1. The van der Waals surface area contributed by atoms with Crippen LogP contribution in [0.3, 0.4) is 0 Å². The largest absolute Gasteiger partial charge is 0.494 e. The van der Waals surface area contributed by atoms with Gasteiger partial charge in [-0.2, -0.15) is 0 Å². The van der Waals surface area contributed by atoms with Gasteiger partial charge in [0.15, 0.2) is 0 Å². The maximum Gasteiger partial charge on any atom is 0.275 e. The molecule has 0 unspecified atom stereocenters. The van der Waals surface area contributed by atoms with Crippen molar-refractivity contribution < 1.29 is 9.66 Å². The molecule has 110 valence electrons. The van der Waals surface area contributed by atoms with Crippen LogP contribution in [0.25, 0.3) is 0 Å². The van der Waals surface area contributed by atoms with Crippen LogP contribution in [0.5, 0.6) is 5.75 Å². The van der Waals surface area contributed by atoms with Gasteiger partial charge in [-0.3, -0.25) is 10.1 Å². The second-order valence-corrected chi connectivity index (χ2v) is 4.91. The molecule has 0 bridgehead atoms. The number of nitro groups is 1. The van der Waals surface area contributed by atoms with Crippen molar-refractivity contribution in [3.8, 4) is 5.75 Å². The maximum absolute atomic E-state index is 10.9. The number of ether oxygens (including phenoxy) is 1. The fourth-order valence-corrected chi connectivity index (χ4v) is 1.96. The van der Waals surface area contributed by atoms with E-state index in [2.05, 4.69) is 10.6 Å². The van der Waals surface area contributed by atoms with Gasteiger partial charge in [0.2, 0.25) is 0 Å². The van der Waals surface area contributed by atoms with Gasteiger partial charge in [-0.15, -0.1) is 0 Å². The molecule has 0 heterocycles. The SMILES string of the molecule is CCOc1cc(NCCCNC2CC2)cc([N+](=O)[O-])c1. The highest BCUT2D eigenvalue weighted by molar-refractivity contribution is 5.56. The lowest BCUT2D eigenvalue weighted by Gasteiger charge is -2.09. The van der Waals surface area contributed by atoms with Crippen molar-refractivity contribution in [1.82, 2.24) is 5.32 Å². The molecule has 20 heavy (non-hydrogen) atoms. The van der Waals surface area contributed by atoms with E-state index in [-0.39, 0.29) is 5.69 Å². The van der Waals surface area contributed by atoms with E-state index >= 15 is 0 Å². The van der Waals surface area contributed by atoms with Gasteiger partial charge in [-0.25, -0.2) is 0 Å². The van der Waals surface area contributed by atoms with Gasteiger partial charge in [-0.05, 0) is 32.7 Å². The molecule has 0 saturated heterocycles. The van der Waals surface area contributed by atoms with E-state index in [1.807, 2.05) is 6.92 Å². The van der Waals surface area contributed by atoms with Crippen molar-refractivity contribution in [1.29, 1.82) is 0 Å². The van der Waals surface area contributed by atoms with Gasteiger partial charge in [0, 0.05) is 30.4 Å². The highest BCUT2D eigenvalue weighted by Gasteiger charge is 2.19. The second kappa shape index (κ2) is 7.09. The Kier molecular flexibility index (Phi) is 5.17. The zero-order valence-electron chi connectivity index (χ0n) is 11.7. The molecule has 6 nitrogen and oxygen atoms in total. The van der Waals surface area contributed by atoms with Gasteiger partial charge in [0.25, 0.3) is 5.69 Å². The fraction of sp³-hybridized carbons (Fsp3) is 0.571. The van der Waals surface area contributed by atoms with E-state index in [9.17, 15) is 10.1 Å². The molecule has 2 N–H and O–H groups in total. The molecule has 1 fully saturated rings. The van der Waals surface area contributed by atoms with Crippen LogP contribution in [0.15, 0.2) is 18.2 Å². The van der Waals surface area contributed by atoms with Crippen LogP contribution in [-0.4, -0.2) is 30.7 Å².